The number of aromatic hydroxyl groups is 3. The Morgan fingerprint density at radius 1 is 0.311 bits per heavy atom. The van der Waals surface area contributed by atoms with Gasteiger partial charge >= 0.3 is 0 Å². The molecule has 0 bridgehead atoms. The van der Waals surface area contributed by atoms with Crippen LogP contribution in [0.4, 0.5) is 29.1 Å². The zero-order valence-electron chi connectivity index (χ0n) is 65.7. The highest BCUT2D eigenvalue weighted by atomic mass is 35.5. The molecule has 5 saturated heterocycles. The van der Waals surface area contributed by atoms with E-state index < -0.39 is 0 Å². The molecule has 0 saturated carbocycles. The number of methoxy groups -OCH3 is 1. The second kappa shape index (κ2) is 39.2. The van der Waals surface area contributed by atoms with Crippen LogP contribution >= 0.6 is 58.0 Å². The minimum Gasteiger partial charge on any atom is -0.508 e. The van der Waals surface area contributed by atoms with E-state index in [1.807, 2.05) is 66.7 Å². The molecule has 5 fully saturated rings. The van der Waals surface area contributed by atoms with E-state index in [1.165, 1.54) is 0 Å². The fourth-order valence-corrected chi connectivity index (χ4v) is 14.7. The van der Waals surface area contributed by atoms with E-state index in [0.717, 1.165) is 150 Å². The molecule has 15 aromatic rings. The summed E-state index contributed by atoms with van der Waals surface area (Å²) in [7, 11) is 1.64. The van der Waals surface area contributed by atoms with Gasteiger partial charge in [-0.05, 0) is 115 Å². The van der Waals surface area contributed by atoms with Crippen LogP contribution in [-0.2, 0) is 30.3 Å². The van der Waals surface area contributed by atoms with Crippen LogP contribution in [0.2, 0.25) is 25.1 Å². The van der Waals surface area contributed by atoms with Crippen molar-refractivity contribution >= 4 is 142 Å². The minimum atomic E-state index is -0.0227. The van der Waals surface area contributed by atoms with E-state index in [9.17, 15) is 20.4 Å². The Kier molecular flexibility index (Phi) is 26.9. The van der Waals surface area contributed by atoms with Crippen molar-refractivity contribution in [3.8, 4) is 79.9 Å². The van der Waals surface area contributed by atoms with Gasteiger partial charge in [-0.25, -0.2) is 74.8 Å². The monoisotopic (exact) mass is 1740 g/mol. The molecule has 622 valence electrons. The largest absolute Gasteiger partial charge is 0.508 e. The van der Waals surface area contributed by atoms with E-state index in [-0.39, 0.29) is 23.9 Å². The van der Waals surface area contributed by atoms with Gasteiger partial charge in [-0.15, -0.1) is 0 Å². The van der Waals surface area contributed by atoms with Gasteiger partial charge in [0.05, 0.1) is 138 Å². The summed E-state index contributed by atoms with van der Waals surface area (Å²) in [6.07, 6.45) is 8.05. The van der Waals surface area contributed by atoms with Gasteiger partial charge in [0.15, 0.2) is 58.2 Å². The van der Waals surface area contributed by atoms with Crippen molar-refractivity contribution in [3.05, 3.63) is 213 Å². The second-order valence-corrected chi connectivity index (χ2v) is 30.3. The van der Waals surface area contributed by atoms with Crippen molar-refractivity contribution in [1.29, 1.82) is 0 Å². The Labute approximate surface area is 724 Å². The summed E-state index contributed by atoms with van der Waals surface area (Å²) in [4.78, 5) is 79.6. The summed E-state index contributed by atoms with van der Waals surface area (Å²) in [5.41, 5.74) is 11.8. The molecule has 30 nitrogen and oxygen atoms in total. The number of hydrogen-bond donors (Lipinski definition) is 4. The van der Waals surface area contributed by atoms with E-state index in [0.29, 0.717) is 159 Å². The van der Waals surface area contributed by atoms with E-state index in [2.05, 4.69) is 79.3 Å². The van der Waals surface area contributed by atoms with E-state index in [1.54, 1.807) is 123 Å². The molecular weight excluding hydrogens is 1660 g/mol. The van der Waals surface area contributed by atoms with Crippen molar-refractivity contribution in [2.75, 3.05) is 163 Å². The Morgan fingerprint density at radius 3 is 0.943 bits per heavy atom. The van der Waals surface area contributed by atoms with Crippen LogP contribution in [0.1, 0.15) is 5.56 Å². The zero-order chi connectivity index (χ0) is 84.0. The maximum absolute atomic E-state index is 10.1. The third kappa shape index (κ3) is 20.1. The van der Waals surface area contributed by atoms with Crippen LogP contribution in [-0.4, -0.2) is 234 Å². The highest BCUT2D eigenvalue weighted by molar-refractivity contribution is 6.32. The molecule has 5 aliphatic heterocycles. The number of anilines is 5. The van der Waals surface area contributed by atoms with Crippen LogP contribution < -0.4 is 29.2 Å². The van der Waals surface area contributed by atoms with Crippen LogP contribution in [0.3, 0.4) is 0 Å². The lowest BCUT2D eigenvalue weighted by Gasteiger charge is -2.28. The number of ether oxygens (including phenoxy) is 6. The first-order chi connectivity index (χ1) is 59.6. The van der Waals surface area contributed by atoms with Crippen LogP contribution in [0.5, 0.6) is 23.0 Å². The number of aromatic nitrogens is 15. The maximum Gasteiger partial charge on any atom is 0.166 e. The molecule has 20 rings (SSSR count). The standard InChI is InChI=1S/2C18H17ClN4O2.3C17H15ClN4O2/c1-24-14-4-2-12(3-5-14)17-21-15-10-13(19)11-20-16(15)18(22-17)23-6-8-25-9-7-23;19-14-9-15-16(20-10-14)18(23-4-6-25-7-5-23)22-17(21-15)13-3-1-2-12(8-13)11-24;18-12-9-14-15(19-10-12)17(22-5-7-24-8-6-22)21-16(20-14)11-1-3-13(23)4-2-11;18-12-9-14-15(19-10-12)17(22-4-6-24-7-5-22)21-16(20-14)11-2-1-3-13(23)8-11;18-11-9-13-15(19-10-11)17(22-5-7-24-8-6-22)21-16(20-13)12-3-1-2-4-14(12)23/h2-5,10-11H,6-9H2,1H3;1-3,8-10,24H,4-7,11H2;1-4,9-10,23H,5-8H2;1-3,8-10,23H,4-7H2;1-4,9-10,23H,5-8H2. The number of para-hydroxylation sites is 1. The number of rotatable bonds is 12. The van der Waals surface area contributed by atoms with Crippen molar-refractivity contribution in [2.24, 2.45) is 0 Å². The molecule has 122 heavy (non-hydrogen) atoms. The fourth-order valence-electron chi connectivity index (χ4n) is 14.0. The Hall–Kier alpha value is -12.0. The second-order valence-electron chi connectivity index (χ2n) is 28.2. The number of phenols is 3. The van der Waals surface area contributed by atoms with E-state index in [4.69, 9.17) is 106 Å². The molecule has 5 aromatic carbocycles. The third-order valence-electron chi connectivity index (χ3n) is 20.1. The van der Waals surface area contributed by atoms with Gasteiger partial charge in [0.25, 0.3) is 0 Å². The zero-order valence-corrected chi connectivity index (χ0v) is 69.5. The van der Waals surface area contributed by atoms with Crippen molar-refractivity contribution in [2.45, 2.75) is 6.61 Å². The molecule has 15 heterocycles. The average molecular weight is 1740 g/mol. The van der Waals surface area contributed by atoms with Crippen LogP contribution in [0, 0.1) is 0 Å². The first-order valence-corrected chi connectivity index (χ1v) is 41.0. The molecule has 35 heteroatoms. The Morgan fingerprint density at radius 2 is 0.615 bits per heavy atom. The molecule has 0 amide bonds. The predicted molar refractivity (Wildman–Crippen MR) is 472 cm³/mol. The predicted octanol–water partition coefficient (Wildman–Crippen LogP) is 14.5. The molecule has 10 aromatic heterocycles. The summed E-state index contributed by atoms with van der Waals surface area (Å²) in [5, 5.41) is 41.4. The van der Waals surface area contributed by atoms with Crippen LogP contribution in [0.15, 0.2) is 183 Å². The lowest BCUT2D eigenvalue weighted by atomic mass is 10.1. The number of fused-ring (bicyclic) bond motifs is 5. The van der Waals surface area contributed by atoms with Gasteiger partial charge in [0.1, 0.15) is 50.6 Å². The van der Waals surface area contributed by atoms with Gasteiger partial charge in [-0.2, -0.15) is 0 Å². The Bertz CT molecular complexity index is 6220. The maximum atomic E-state index is 10.1. The smallest absolute Gasteiger partial charge is 0.166 e. The lowest BCUT2D eigenvalue weighted by molar-refractivity contribution is 0.122. The molecule has 0 radical (unpaired) electrons. The molecule has 0 aliphatic carbocycles. The summed E-state index contributed by atoms with van der Waals surface area (Å²) in [5.74, 6) is 7.98. The van der Waals surface area contributed by atoms with Gasteiger partial charge in [0.2, 0.25) is 0 Å². The quantitative estimate of drug-likeness (QED) is 0.0882. The average Bonchev–Trinajstić information content (AvgIpc) is 0.796. The van der Waals surface area contributed by atoms with Crippen molar-refractivity contribution in [1.82, 2.24) is 74.8 Å². The number of benzene rings is 5. The first-order valence-electron chi connectivity index (χ1n) is 39.1. The van der Waals surface area contributed by atoms with E-state index >= 15 is 0 Å². The topological polar surface area (TPSA) is 346 Å². The van der Waals surface area contributed by atoms with Crippen LogP contribution in [0.25, 0.3) is 112 Å². The molecule has 4 N–H and O–H groups in total. The SMILES string of the molecule is COc1ccc(-c2nc(N3CCOCC3)c3ncc(Cl)cc3n2)cc1.OCc1cccc(-c2nc(N3CCOCC3)c3ncc(Cl)cc3n2)c1.Oc1ccc(-c2nc(N3CCOCC3)c3ncc(Cl)cc3n2)cc1.Oc1cccc(-c2nc(N3CCOCC3)c3ncc(Cl)cc3n2)c1.Oc1ccccc1-c1nc(N2CCOCC2)c2ncc(Cl)cc2n1. The minimum absolute atomic E-state index is 0.0227. The van der Waals surface area contributed by atoms with Gasteiger partial charge in [-0.3, -0.25) is 0 Å². The molecule has 0 atom stereocenters. The lowest BCUT2D eigenvalue weighted by Crippen LogP contribution is -2.37. The summed E-state index contributed by atoms with van der Waals surface area (Å²) >= 11 is 30.5. The summed E-state index contributed by atoms with van der Waals surface area (Å²) < 4.78 is 32.4. The third-order valence-corrected chi connectivity index (χ3v) is 21.1. The highest BCUT2D eigenvalue weighted by Gasteiger charge is 2.27. The number of pyridine rings is 5. The van der Waals surface area contributed by atoms with Gasteiger partial charge in [-0.1, -0.05) is 100 Å². The summed E-state index contributed by atoms with van der Waals surface area (Å²) in [6.45, 7) is 14.1. The highest BCUT2D eigenvalue weighted by Crippen LogP contribution is 2.37. The Balaban J connectivity index is 0.000000113. The number of aliphatic hydroxyl groups is 1. The van der Waals surface area contributed by atoms with Gasteiger partial charge < -0.3 is 73.3 Å². The molecule has 5 aliphatic rings. The number of phenolic OH excluding ortho intramolecular Hbond substituents is 3. The first kappa shape index (κ1) is 83.6. The van der Waals surface area contributed by atoms with Crippen molar-refractivity contribution < 1.29 is 48.8 Å². The summed E-state index contributed by atoms with van der Waals surface area (Å²) in [6, 6.07) is 44.9. The number of aliphatic hydroxyl groups excluding tert-OH is 1. The normalized spacial score (nSPS) is 14.9. The number of halogens is 5. The molecular formula is C87H79Cl5N20O10. The van der Waals surface area contributed by atoms with Gasteiger partial charge in [0, 0.05) is 119 Å². The number of hydrogen-bond acceptors (Lipinski definition) is 30. The molecule has 0 unspecified atom stereocenters. The fraction of sp³-hybridized carbons (Fsp3) is 0.253. The van der Waals surface area contributed by atoms with Crippen molar-refractivity contribution in [3.63, 3.8) is 0 Å². The number of nitrogens with zero attached hydrogens (tertiary/aromatic N) is 20. The number of morpholine rings is 5. The molecule has 0 spiro atoms.